The summed E-state index contributed by atoms with van der Waals surface area (Å²) in [7, 11) is 0. The molecule has 14 heavy (non-hydrogen) atoms. The Morgan fingerprint density at radius 2 is 1.86 bits per heavy atom. The van der Waals surface area contributed by atoms with Crippen LogP contribution in [0.2, 0.25) is 0 Å². The van der Waals surface area contributed by atoms with Gasteiger partial charge in [-0.3, -0.25) is 0 Å². The molecule has 2 heteroatoms. The quantitative estimate of drug-likeness (QED) is 0.792. The fraction of sp³-hybridized carbons (Fsp3) is 0.417. The standard InChI is InChI=1S/C12H16N2/c1-9(2)10-5-3-4-6-11(10)12(14)7-8-13/h3-6,9,12H,7,14H2,1-2H3. The third-order valence-corrected chi connectivity index (χ3v) is 2.33. The van der Waals surface area contributed by atoms with Crippen LogP contribution in [0.4, 0.5) is 0 Å². The highest BCUT2D eigenvalue weighted by Gasteiger charge is 2.11. The van der Waals surface area contributed by atoms with Crippen molar-refractivity contribution in [1.29, 1.82) is 5.26 Å². The highest BCUT2D eigenvalue weighted by Crippen LogP contribution is 2.24. The average molecular weight is 188 g/mol. The Morgan fingerprint density at radius 3 is 2.36 bits per heavy atom. The van der Waals surface area contributed by atoms with E-state index in [0.29, 0.717) is 12.3 Å². The molecule has 1 aromatic carbocycles. The van der Waals surface area contributed by atoms with Crippen molar-refractivity contribution >= 4 is 0 Å². The predicted octanol–water partition coefficient (Wildman–Crippen LogP) is 2.72. The molecule has 1 rings (SSSR count). The maximum atomic E-state index is 8.60. The fourth-order valence-electron chi connectivity index (χ4n) is 1.58. The van der Waals surface area contributed by atoms with Gasteiger partial charge in [-0.1, -0.05) is 38.1 Å². The van der Waals surface area contributed by atoms with Crippen molar-refractivity contribution in [3.05, 3.63) is 35.4 Å². The predicted molar refractivity (Wildman–Crippen MR) is 57.7 cm³/mol. The summed E-state index contributed by atoms with van der Waals surface area (Å²) in [4.78, 5) is 0. The van der Waals surface area contributed by atoms with Crippen LogP contribution < -0.4 is 5.73 Å². The van der Waals surface area contributed by atoms with Gasteiger partial charge < -0.3 is 5.73 Å². The molecule has 0 aliphatic carbocycles. The third kappa shape index (κ3) is 2.34. The normalized spacial score (nSPS) is 12.5. The minimum absolute atomic E-state index is 0.154. The van der Waals surface area contributed by atoms with Gasteiger partial charge in [0, 0.05) is 6.04 Å². The Bertz CT molecular complexity index is 336. The molecule has 0 bridgehead atoms. The molecule has 1 aromatic rings. The van der Waals surface area contributed by atoms with Crippen molar-refractivity contribution in [2.75, 3.05) is 0 Å². The van der Waals surface area contributed by atoms with Gasteiger partial charge in [0.15, 0.2) is 0 Å². The minimum Gasteiger partial charge on any atom is -0.323 e. The number of benzene rings is 1. The first-order chi connectivity index (χ1) is 6.66. The lowest BCUT2D eigenvalue weighted by molar-refractivity contribution is 0.718. The molecule has 1 atom stereocenters. The molecule has 0 heterocycles. The van der Waals surface area contributed by atoms with E-state index in [1.165, 1.54) is 5.56 Å². The number of rotatable bonds is 3. The van der Waals surface area contributed by atoms with Crippen molar-refractivity contribution in [1.82, 2.24) is 0 Å². The first-order valence-electron chi connectivity index (χ1n) is 4.88. The van der Waals surface area contributed by atoms with Gasteiger partial charge in [0.2, 0.25) is 0 Å². The second-order valence-corrected chi connectivity index (χ2v) is 3.75. The summed E-state index contributed by atoms with van der Waals surface area (Å²) < 4.78 is 0. The van der Waals surface area contributed by atoms with E-state index >= 15 is 0 Å². The van der Waals surface area contributed by atoms with E-state index in [9.17, 15) is 0 Å². The van der Waals surface area contributed by atoms with E-state index in [1.54, 1.807) is 0 Å². The molecule has 0 saturated heterocycles. The largest absolute Gasteiger partial charge is 0.323 e. The Morgan fingerprint density at radius 1 is 1.29 bits per heavy atom. The number of nitrogens with zero attached hydrogens (tertiary/aromatic N) is 1. The first-order valence-corrected chi connectivity index (χ1v) is 4.88. The highest BCUT2D eigenvalue weighted by atomic mass is 14.6. The highest BCUT2D eigenvalue weighted by molar-refractivity contribution is 5.32. The SMILES string of the molecule is CC(C)c1ccccc1C(N)CC#N. The smallest absolute Gasteiger partial charge is 0.0641 e. The molecular formula is C12H16N2. The summed E-state index contributed by atoms with van der Waals surface area (Å²) in [5, 5.41) is 8.60. The molecule has 0 radical (unpaired) electrons. The Labute approximate surface area is 85.4 Å². The summed E-state index contributed by atoms with van der Waals surface area (Å²) in [6.45, 7) is 4.27. The zero-order valence-corrected chi connectivity index (χ0v) is 8.70. The van der Waals surface area contributed by atoms with Gasteiger partial charge in [-0.15, -0.1) is 0 Å². The Kier molecular flexibility index (Phi) is 3.67. The van der Waals surface area contributed by atoms with E-state index in [1.807, 2.05) is 18.2 Å². The summed E-state index contributed by atoms with van der Waals surface area (Å²) in [6.07, 6.45) is 0.379. The summed E-state index contributed by atoms with van der Waals surface area (Å²) in [6, 6.07) is 10.0. The molecule has 2 N–H and O–H groups in total. The monoisotopic (exact) mass is 188 g/mol. The molecule has 74 valence electrons. The first kappa shape index (κ1) is 10.7. The summed E-state index contributed by atoms with van der Waals surface area (Å²) >= 11 is 0. The number of hydrogen-bond acceptors (Lipinski definition) is 2. The van der Waals surface area contributed by atoms with E-state index < -0.39 is 0 Å². The van der Waals surface area contributed by atoms with Crippen LogP contribution in [0.3, 0.4) is 0 Å². The van der Waals surface area contributed by atoms with Gasteiger partial charge in [0.05, 0.1) is 12.5 Å². The maximum absolute atomic E-state index is 8.60. The molecular weight excluding hydrogens is 172 g/mol. The molecule has 1 unspecified atom stereocenters. The van der Waals surface area contributed by atoms with E-state index in [-0.39, 0.29) is 6.04 Å². The Balaban J connectivity index is 3.01. The molecule has 2 nitrogen and oxygen atoms in total. The van der Waals surface area contributed by atoms with Crippen molar-refractivity contribution in [3.8, 4) is 6.07 Å². The van der Waals surface area contributed by atoms with Crippen molar-refractivity contribution in [2.45, 2.75) is 32.2 Å². The van der Waals surface area contributed by atoms with Crippen molar-refractivity contribution < 1.29 is 0 Å². The van der Waals surface area contributed by atoms with Gasteiger partial charge in [0.1, 0.15) is 0 Å². The molecule has 0 amide bonds. The topological polar surface area (TPSA) is 49.8 Å². The zero-order valence-electron chi connectivity index (χ0n) is 8.70. The van der Waals surface area contributed by atoms with Crippen LogP contribution in [0.5, 0.6) is 0 Å². The van der Waals surface area contributed by atoms with E-state index in [0.717, 1.165) is 5.56 Å². The van der Waals surface area contributed by atoms with Crippen LogP contribution in [0.25, 0.3) is 0 Å². The van der Waals surface area contributed by atoms with Crippen LogP contribution in [-0.2, 0) is 0 Å². The van der Waals surface area contributed by atoms with Crippen LogP contribution in [0.1, 0.15) is 43.4 Å². The van der Waals surface area contributed by atoms with Crippen LogP contribution in [0.15, 0.2) is 24.3 Å². The third-order valence-electron chi connectivity index (χ3n) is 2.33. The van der Waals surface area contributed by atoms with E-state index in [4.69, 9.17) is 11.0 Å². The minimum atomic E-state index is -0.154. The lowest BCUT2D eigenvalue weighted by atomic mass is 9.92. The lowest BCUT2D eigenvalue weighted by Gasteiger charge is -2.16. The average Bonchev–Trinajstić information content (AvgIpc) is 2.18. The molecule has 0 aliphatic heterocycles. The van der Waals surface area contributed by atoms with Crippen molar-refractivity contribution in [3.63, 3.8) is 0 Å². The lowest BCUT2D eigenvalue weighted by Crippen LogP contribution is -2.12. The Hall–Kier alpha value is -1.33. The maximum Gasteiger partial charge on any atom is 0.0641 e. The molecule has 0 spiro atoms. The number of hydrogen-bond donors (Lipinski definition) is 1. The fourth-order valence-corrected chi connectivity index (χ4v) is 1.58. The van der Waals surface area contributed by atoms with Gasteiger partial charge in [-0.05, 0) is 17.0 Å². The summed E-state index contributed by atoms with van der Waals surface area (Å²) in [5.41, 5.74) is 8.27. The summed E-state index contributed by atoms with van der Waals surface area (Å²) in [5.74, 6) is 0.455. The molecule has 0 saturated carbocycles. The van der Waals surface area contributed by atoms with E-state index in [2.05, 4.69) is 26.0 Å². The molecule has 0 fully saturated rings. The molecule has 0 aromatic heterocycles. The zero-order chi connectivity index (χ0) is 10.6. The van der Waals surface area contributed by atoms with Gasteiger partial charge in [-0.2, -0.15) is 5.26 Å². The van der Waals surface area contributed by atoms with Crippen molar-refractivity contribution in [2.24, 2.45) is 5.73 Å². The van der Waals surface area contributed by atoms with Gasteiger partial charge in [0.25, 0.3) is 0 Å². The second kappa shape index (κ2) is 4.78. The van der Waals surface area contributed by atoms with Gasteiger partial charge in [-0.25, -0.2) is 0 Å². The second-order valence-electron chi connectivity index (χ2n) is 3.75. The van der Waals surface area contributed by atoms with Crippen LogP contribution in [0, 0.1) is 11.3 Å². The number of nitriles is 1. The van der Waals surface area contributed by atoms with Gasteiger partial charge >= 0.3 is 0 Å². The van der Waals surface area contributed by atoms with Crippen LogP contribution >= 0.6 is 0 Å². The van der Waals surface area contributed by atoms with Crippen LogP contribution in [-0.4, -0.2) is 0 Å². The number of nitrogens with two attached hydrogens (primary N) is 1. The molecule has 0 aliphatic rings.